The van der Waals surface area contributed by atoms with Crippen molar-refractivity contribution >= 4 is 26.2 Å². The minimum atomic E-state index is -2.51. The van der Waals surface area contributed by atoms with Gasteiger partial charge in [0.15, 0.2) is 0 Å². The van der Waals surface area contributed by atoms with Crippen LogP contribution in [0.5, 0.6) is 5.75 Å². The van der Waals surface area contributed by atoms with E-state index in [1.807, 2.05) is 0 Å². The molecule has 0 radical (unpaired) electrons. The van der Waals surface area contributed by atoms with E-state index in [1.165, 1.54) is 0 Å². The van der Waals surface area contributed by atoms with E-state index in [2.05, 4.69) is 10.3 Å². The van der Waals surface area contributed by atoms with Gasteiger partial charge in [0, 0.05) is 42.0 Å². The van der Waals surface area contributed by atoms with Crippen LogP contribution in [0.1, 0.15) is 22.4 Å². The van der Waals surface area contributed by atoms with Crippen molar-refractivity contribution < 1.29 is 14.3 Å². The van der Waals surface area contributed by atoms with Crippen LogP contribution in [0.3, 0.4) is 0 Å². The largest absolute Gasteiger partial charge is 0.426 e. The summed E-state index contributed by atoms with van der Waals surface area (Å²) in [4.78, 5) is 21.3. The molecule has 1 aliphatic heterocycles. The molecule has 0 atom stereocenters. The van der Waals surface area contributed by atoms with E-state index in [-0.39, 0.29) is 0 Å². The Balaban J connectivity index is 1.99. The summed E-state index contributed by atoms with van der Waals surface area (Å²) in [6.45, 7) is 1.65. The number of aromatic nitrogens is 1. The summed E-state index contributed by atoms with van der Waals surface area (Å²) in [5, 5.41) is 3.31. The van der Waals surface area contributed by atoms with Crippen molar-refractivity contribution in [3.63, 3.8) is 0 Å². The maximum absolute atomic E-state index is 9.08. The van der Waals surface area contributed by atoms with E-state index in [9.17, 15) is 0 Å². The zero-order valence-corrected chi connectivity index (χ0v) is 13.3. The molecule has 1 aliphatic rings. The molecule has 2 heterocycles. The third-order valence-electron chi connectivity index (χ3n) is 3.80. The second kappa shape index (κ2) is 6.60. The number of rotatable bonds is 4. The number of para-hydroxylation sites is 1. The van der Waals surface area contributed by atoms with Gasteiger partial charge in [-0.3, -0.25) is 0 Å². The number of nitrogen functional groups attached to an aromatic ring is 1. The average Bonchev–Trinajstić information content (AvgIpc) is 2.83. The molecule has 0 saturated heterocycles. The fourth-order valence-electron chi connectivity index (χ4n) is 2.74. The second-order valence-corrected chi connectivity index (χ2v) is 5.96. The van der Waals surface area contributed by atoms with Crippen LogP contribution in [0, 0.1) is 0 Å². The molecule has 2 aromatic rings. The topological polar surface area (TPSA) is 130 Å². The molecule has 0 fully saturated rings. The van der Waals surface area contributed by atoms with Crippen LogP contribution in [0.25, 0.3) is 11.8 Å². The van der Waals surface area contributed by atoms with Crippen molar-refractivity contribution in [3.8, 4) is 5.75 Å². The lowest BCUT2D eigenvalue weighted by atomic mass is 10.0. The van der Waals surface area contributed by atoms with Gasteiger partial charge in [-0.1, -0.05) is 12.1 Å². The number of hydrogen-bond acceptors (Lipinski definition) is 6. The maximum Gasteiger partial charge on any atom is 0.391 e. The van der Waals surface area contributed by atoms with Crippen molar-refractivity contribution in [2.24, 2.45) is 5.73 Å². The maximum atomic E-state index is 9.08. The first-order chi connectivity index (χ1) is 11.1. The highest BCUT2D eigenvalue weighted by atomic mass is 31.2. The van der Waals surface area contributed by atoms with Crippen LogP contribution >= 0.6 is 8.60 Å². The van der Waals surface area contributed by atoms with E-state index < -0.39 is 8.60 Å². The normalized spacial score (nSPS) is 14.8. The molecule has 122 valence electrons. The summed E-state index contributed by atoms with van der Waals surface area (Å²) in [5.41, 5.74) is 16.4. The Morgan fingerprint density at radius 1 is 1.30 bits per heavy atom. The van der Waals surface area contributed by atoms with Gasteiger partial charge in [-0.15, -0.1) is 0 Å². The fourth-order valence-corrected chi connectivity index (χ4v) is 3.08. The highest BCUT2D eigenvalue weighted by Crippen LogP contribution is 2.35. The third kappa shape index (κ3) is 3.33. The van der Waals surface area contributed by atoms with E-state index in [0.29, 0.717) is 22.8 Å². The van der Waals surface area contributed by atoms with Crippen LogP contribution in [0.15, 0.2) is 24.3 Å². The molecular formula is C15H19N4O3P. The van der Waals surface area contributed by atoms with Gasteiger partial charge < -0.3 is 36.1 Å². The fraction of sp³-hybridized carbons (Fsp3) is 0.200. The van der Waals surface area contributed by atoms with Gasteiger partial charge in [-0.25, -0.2) is 0 Å². The Morgan fingerprint density at radius 3 is 2.87 bits per heavy atom. The molecule has 3 rings (SSSR count). The monoisotopic (exact) mass is 334 g/mol. The highest BCUT2D eigenvalue weighted by Gasteiger charge is 2.18. The summed E-state index contributed by atoms with van der Waals surface area (Å²) in [5.74, 6) is 0.894. The minimum absolute atomic E-state index is 0.318. The first-order valence-electron chi connectivity index (χ1n) is 7.18. The van der Waals surface area contributed by atoms with Crippen molar-refractivity contribution in [3.05, 3.63) is 46.6 Å². The Bertz CT molecular complexity index is 742. The molecule has 0 unspecified atom stereocenters. The standard InChI is InChI=1S/C15H19N4O3P/c16-12(9-3-1-2-4-14(9)22-23(20)21)7-10-11-8-18-6-5-13(11)19-15(10)17/h1-4,7,18-21H,5-6,8,16-17H2/b12-7-. The van der Waals surface area contributed by atoms with Crippen LogP contribution in [0.4, 0.5) is 5.82 Å². The summed E-state index contributed by atoms with van der Waals surface area (Å²) in [7, 11) is -2.51. The lowest BCUT2D eigenvalue weighted by Crippen LogP contribution is -2.23. The number of nitrogens with two attached hydrogens (primary N) is 2. The number of aromatic amines is 1. The van der Waals surface area contributed by atoms with Crippen LogP contribution < -0.4 is 21.3 Å². The van der Waals surface area contributed by atoms with E-state index in [4.69, 9.17) is 25.8 Å². The Kier molecular flexibility index (Phi) is 4.54. The third-order valence-corrected chi connectivity index (χ3v) is 4.16. The van der Waals surface area contributed by atoms with Crippen LogP contribution in [0.2, 0.25) is 0 Å². The summed E-state index contributed by atoms with van der Waals surface area (Å²) >= 11 is 0. The van der Waals surface area contributed by atoms with Gasteiger partial charge in [0.25, 0.3) is 0 Å². The van der Waals surface area contributed by atoms with Gasteiger partial charge in [0.1, 0.15) is 11.6 Å². The number of nitrogens with one attached hydrogen (secondary N) is 2. The van der Waals surface area contributed by atoms with Crippen molar-refractivity contribution in [1.29, 1.82) is 0 Å². The number of anilines is 1. The number of H-pyrrole nitrogens is 1. The van der Waals surface area contributed by atoms with Gasteiger partial charge in [0.2, 0.25) is 0 Å². The highest BCUT2D eigenvalue weighted by molar-refractivity contribution is 7.39. The van der Waals surface area contributed by atoms with Crippen LogP contribution in [-0.4, -0.2) is 21.3 Å². The molecule has 8 heteroatoms. The van der Waals surface area contributed by atoms with E-state index in [0.717, 1.165) is 36.3 Å². The summed E-state index contributed by atoms with van der Waals surface area (Å²) in [6.07, 6.45) is 2.68. The average molecular weight is 334 g/mol. The van der Waals surface area contributed by atoms with Crippen LogP contribution in [-0.2, 0) is 13.0 Å². The molecule has 7 nitrogen and oxygen atoms in total. The molecule has 1 aromatic carbocycles. The predicted octanol–water partition coefficient (Wildman–Crippen LogP) is 1.29. The van der Waals surface area contributed by atoms with Crippen molar-refractivity contribution in [2.45, 2.75) is 13.0 Å². The number of hydrogen-bond donors (Lipinski definition) is 6. The van der Waals surface area contributed by atoms with Gasteiger partial charge in [-0.05, 0) is 23.8 Å². The lowest BCUT2D eigenvalue weighted by Gasteiger charge is -2.14. The molecule has 23 heavy (non-hydrogen) atoms. The molecule has 0 bridgehead atoms. The number of fused-ring (bicyclic) bond motifs is 1. The summed E-state index contributed by atoms with van der Waals surface area (Å²) in [6, 6.07) is 6.93. The van der Waals surface area contributed by atoms with Gasteiger partial charge in [0.05, 0.1) is 0 Å². The van der Waals surface area contributed by atoms with Gasteiger partial charge >= 0.3 is 8.60 Å². The lowest BCUT2D eigenvalue weighted by molar-refractivity contribution is 0.374. The Hall–Kier alpha value is -2.05. The molecule has 0 spiro atoms. The van der Waals surface area contributed by atoms with E-state index in [1.54, 1.807) is 30.3 Å². The van der Waals surface area contributed by atoms with Gasteiger partial charge in [-0.2, -0.15) is 0 Å². The minimum Gasteiger partial charge on any atom is -0.426 e. The summed E-state index contributed by atoms with van der Waals surface area (Å²) < 4.78 is 5.03. The molecule has 0 amide bonds. The molecule has 8 N–H and O–H groups in total. The zero-order chi connectivity index (χ0) is 16.4. The Morgan fingerprint density at radius 2 is 2.09 bits per heavy atom. The van der Waals surface area contributed by atoms with Crippen molar-refractivity contribution in [2.75, 3.05) is 12.3 Å². The zero-order valence-electron chi connectivity index (χ0n) is 12.4. The van der Waals surface area contributed by atoms with Crippen molar-refractivity contribution in [1.82, 2.24) is 10.3 Å². The Labute approximate surface area is 135 Å². The predicted molar refractivity (Wildman–Crippen MR) is 91.1 cm³/mol. The van der Waals surface area contributed by atoms with E-state index >= 15 is 0 Å². The molecule has 0 saturated carbocycles. The quantitative estimate of drug-likeness (QED) is 0.467. The molecule has 1 aromatic heterocycles. The first-order valence-corrected chi connectivity index (χ1v) is 8.35. The smallest absolute Gasteiger partial charge is 0.391 e. The molecule has 0 aliphatic carbocycles. The number of benzene rings is 1. The SMILES string of the molecule is N/C(=C\c1c(N)[nH]c2c1CNCC2)c1ccccc1OP(O)O. The first kappa shape index (κ1) is 15.8. The second-order valence-electron chi connectivity index (χ2n) is 5.28. The molecular weight excluding hydrogens is 315 g/mol.